The molecule has 0 saturated heterocycles. The molecule has 0 atom stereocenters. The van der Waals surface area contributed by atoms with Crippen molar-refractivity contribution in [2.45, 2.75) is 30.6 Å². The van der Waals surface area contributed by atoms with Gasteiger partial charge < -0.3 is 10.2 Å². The summed E-state index contributed by atoms with van der Waals surface area (Å²) in [7, 11) is -3.92. The molecule has 0 spiro atoms. The van der Waals surface area contributed by atoms with Crippen LogP contribution in [-0.4, -0.2) is 33.3 Å². The summed E-state index contributed by atoms with van der Waals surface area (Å²) in [6.45, 7) is 0.809. The van der Waals surface area contributed by atoms with E-state index in [0.29, 0.717) is 18.5 Å². The number of nitrogens with one attached hydrogen (secondary N) is 3. The summed E-state index contributed by atoms with van der Waals surface area (Å²) in [6, 6.07) is 12.4. The molecule has 2 heterocycles. The maximum Gasteiger partial charge on any atom is 0.257 e. The third-order valence-corrected chi connectivity index (χ3v) is 6.39. The van der Waals surface area contributed by atoms with Gasteiger partial charge in [-0.2, -0.15) is 0 Å². The first-order valence-electron chi connectivity index (χ1n) is 9.49. The predicted octanol–water partition coefficient (Wildman–Crippen LogP) is 1.33. The van der Waals surface area contributed by atoms with E-state index >= 15 is 0 Å². The number of fused-ring (bicyclic) bond motifs is 2. The van der Waals surface area contributed by atoms with Gasteiger partial charge in [-0.3, -0.25) is 15.0 Å². The Balaban J connectivity index is 1.40. The van der Waals surface area contributed by atoms with Crippen molar-refractivity contribution in [1.82, 2.24) is 10.3 Å². The number of hydrogen-bond donors (Lipinski definition) is 3. The Labute approximate surface area is 169 Å². The molecule has 0 bridgehead atoms. The first-order chi connectivity index (χ1) is 13.9. The van der Waals surface area contributed by atoms with E-state index in [1.165, 1.54) is 17.7 Å². The number of rotatable bonds is 5. The van der Waals surface area contributed by atoms with E-state index in [4.69, 9.17) is 0 Å². The number of anilines is 2. The van der Waals surface area contributed by atoms with Crippen LogP contribution >= 0.6 is 0 Å². The molecule has 2 aliphatic rings. The average molecular weight is 414 g/mol. The van der Waals surface area contributed by atoms with Crippen molar-refractivity contribution in [3.63, 3.8) is 0 Å². The number of para-hydroxylation sites is 1. The van der Waals surface area contributed by atoms with Crippen LogP contribution in [0.2, 0.25) is 0 Å². The standard InChI is InChI=1S/C20H22N4O4S/c25-19-10-7-15-12-16(8-9-17(15)21-19)29(27,28)23-22-20(26)13-24-11-3-5-14-4-1-2-6-18(14)24/h1-2,4,6,8-9,12,23H,3,5,7,10-11,13H2,(H,21,25)(H,22,26). The zero-order chi connectivity index (χ0) is 20.4. The van der Waals surface area contributed by atoms with Gasteiger partial charge in [-0.15, -0.1) is 4.83 Å². The van der Waals surface area contributed by atoms with Crippen LogP contribution in [0.5, 0.6) is 0 Å². The molecule has 2 aromatic rings. The van der Waals surface area contributed by atoms with Crippen LogP contribution in [0, 0.1) is 0 Å². The SMILES string of the molecule is O=C(CN1CCCc2ccccc21)NNS(=O)(=O)c1ccc2c(c1)CCC(=O)N2. The summed E-state index contributed by atoms with van der Waals surface area (Å²) in [5.74, 6) is -0.520. The molecule has 3 N–H and O–H groups in total. The lowest BCUT2D eigenvalue weighted by Gasteiger charge is -2.30. The molecule has 2 aliphatic heterocycles. The van der Waals surface area contributed by atoms with Gasteiger partial charge in [0, 0.05) is 24.3 Å². The van der Waals surface area contributed by atoms with E-state index in [0.717, 1.165) is 30.6 Å². The maximum atomic E-state index is 12.6. The Hall–Kier alpha value is -2.91. The van der Waals surface area contributed by atoms with Gasteiger partial charge in [0.05, 0.1) is 11.4 Å². The third-order valence-electron chi connectivity index (χ3n) is 5.15. The lowest BCUT2D eigenvalue weighted by molar-refractivity contribution is -0.120. The molecule has 0 fully saturated rings. The highest BCUT2D eigenvalue weighted by atomic mass is 32.2. The summed E-state index contributed by atoms with van der Waals surface area (Å²) in [4.78, 5) is 27.9. The number of nitrogens with zero attached hydrogens (tertiary/aromatic N) is 1. The van der Waals surface area contributed by atoms with Crippen molar-refractivity contribution in [1.29, 1.82) is 0 Å². The van der Waals surface area contributed by atoms with Crippen LogP contribution in [0.25, 0.3) is 0 Å². The minimum absolute atomic E-state index is 0.0380. The lowest BCUT2D eigenvalue weighted by atomic mass is 10.0. The van der Waals surface area contributed by atoms with Crippen LogP contribution in [0.3, 0.4) is 0 Å². The number of hydrazine groups is 1. The number of hydrogen-bond acceptors (Lipinski definition) is 5. The zero-order valence-corrected chi connectivity index (χ0v) is 16.6. The monoisotopic (exact) mass is 414 g/mol. The Bertz CT molecular complexity index is 1070. The van der Waals surface area contributed by atoms with Gasteiger partial charge in [0.1, 0.15) is 0 Å². The number of sulfonamides is 1. The van der Waals surface area contributed by atoms with Crippen molar-refractivity contribution in [3.05, 3.63) is 53.6 Å². The van der Waals surface area contributed by atoms with Crippen molar-refractivity contribution >= 4 is 33.2 Å². The molecule has 9 heteroatoms. The second-order valence-corrected chi connectivity index (χ2v) is 8.86. The molecule has 0 aliphatic carbocycles. The van der Waals surface area contributed by atoms with Gasteiger partial charge >= 0.3 is 0 Å². The second kappa shape index (κ2) is 7.84. The summed E-state index contributed by atoms with van der Waals surface area (Å²) >= 11 is 0. The molecule has 0 unspecified atom stereocenters. The summed E-state index contributed by atoms with van der Waals surface area (Å²) in [5.41, 5.74) is 5.87. The van der Waals surface area contributed by atoms with Crippen molar-refractivity contribution in [3.8, 4) is 0 Å². The van der Waals surface area contributed by atoms with Crippen LogP contribution in [0.4, 0.5) is 11.4 Å². The van der Waals surface area contributed by atoms with Gasteiger partial charge in [0.15, 0.2) is 0 Å². The number of carbonyl (C=O) groups is 2. The smallest absolute Gasteiger partial charge is 0.257 e. The molecular weight excluding hydrogens is 392 g/mol. The first-order valence-corrected chi connectivity index (χ1v) is 11.0. The fourth-order valence-electron chi connectivity index (χ4n) is 3.70. The third kappa shape index (κ3) is 4.25. The van der Waals surface area contributed by atoms with Gasteiger partial charge in [-0.05, 0) is 54.7 Å². The molecule has 152 valence electrons. The first kappa shape index (κ1) is 19.4. The topological polar surface area (TPSA) is 108 Å². The molecule has 2 aromatic carbocycles. The Morgan fingerprint density at radius 1 is 1.07 bits per heavy atom. The predicted molar refractivity (Wildman–Crippen MR) is 109 cm³/mol. The van der Waals surface area contributed by atoms with E-state index < -0.39 is 15.9 Å². The van der Waals surface area contributed by atoms with Gasteiger partial charge in [-0.25, -0.2) is 8.42 Å². The highest BCUT2D eigenvalue weighted by Gasteiger charge is 2.22. The molecule has 29 heavy (non-hydrogen) atoms. The molecule has 8 nitrogen and oxygen atoms in total. The highest BCUT2D eigenvalue weighted by molar-refractivity contribution is 7.89. The molecule has 0 saturated carbocycles. The maximum absolute atomic E-state index is 12.6. The fraction of sp³-hybridized carbons (Fsp3) is 0.300. The minimum atomic E-state index is -3.92. The normalized spacial score (nSPS) is 15.9. The second-order valence-electron chi connectivity index (χ2n) is 7.17. The van der Waals surface area contributed by atoms with Crippen LogP contribution in [-0.2, 0) is 32.5 Å². The Kier molecular flexibility index (Phi) is 5.25. The van der Waals surface area contributed by atoms with Crippen LogP contribution in [0.1, 0.15) is 24.0 Å². The van der Waals surface area contributed by atoms with Crippen molar-refractivity contribution in [2.24, 2.45) is 0 Å². The van der Waals surface area contributed by atoms with E-state index in [-0.39, 0.29) is 17.3 Å². The minimum Gasteiger partial charge on any atom is -0.362 e. The number of carbonyl (C=O) groups excluding carboxylic acids is 2. The van der Waals surface area contributed by atoms with Crippen molar-refractivity contribution in [2.75, 3.05) is 23.3 Å². The molecule has 0 aromatic heterocycles. The number of aryl methyl sites for hydroxylation is 2. The summed E-state index contributed by atoms with van der Waals surface area (Å²) in [6.07, 6.45) is 2.71. The molecule has 2 amide bonds. The summed E-state index contributed by atoms with van der Waals surface area (Å²) < 4.78 is 25.1. The zero-order valence-electron chi connectivity index (χ0n) is 15.8. The molecule has 0 radical (unpaired) electrons. The van der Waals surface area contributed by atoms with Crippen molar-refractivity contribution < 1.29 is 18.0 Å². The van der Waals surface area contributed by atoms with E-state index in [1.807, 2.05) is 29.2 Å². The van der Waals surface area contributed by atoms with Gasteiger partial charge in [0.25, 0.3) is 15.9 Å². The van der Waals surface area contributed by atoms with Crippen LogP contribution < -0.4 is 20.5 Å². The largest absolute Gasteiger partial charge is 0.362 e. The molecular formula is C20H22N4O4S. The molecule has 4 rings (SSSR count). The van der Waals surface area contributed by atoms with Crippen LogP contribution in [0.15, 0.2) is 47.4 Å². The number of amides is 2. The summed E-state index contributed by atoms with van der Waals surface area (Å²) in [5, 5.41) is 2.71. The average Bonchev–Trinajstić information content (AvgIpc) is 2.72. The van der Waals surface area contributed by atoms with E-state index in [1.54, 1.807) is 6.07 Å². The van der Waals surface area contributed by atoms with Gasteiger partial charge in [-0.1, -0.05) is 18.2 Å². The highest BCUT2D eigenvalue weighted by Crippen LogP contribution is 2.27. The van der Waals surface area contributed by atoms with Gasteiger partial charge in [0.2, 0.25) is 5.91 Å². The quantitative estimate of drug-likeness (QED) is 0.640. The van der Waals surface area contributed by atoms with E-state index in [2.05, 4.69) is 15.6 Å². The Morgan fingerprint density at radius 2 is 1.90 bits per heavy atom. The van der Waals surface area contributed by atoms with E-state index in [9.17, 15) is 18.0 Å². The fourth-order valence-corrected chi connectivity index (χ4v) is 4.61. The number of benzene rings is 2. The Morgan fingerprint density at radius 3 is 2.76 bits per heavy atom. The lowest BCUT2D eigenvalue weighted by Crippen LogP contribution is -2.47.